The van der Waals surface area contributed by atoms with Gasteiger partial charge in [0.1, 0.15) is 5.82 Å². The number of morpholine rings is 1. The summed E-state index contributed by atoms with van der Waals surface area (Å²) in [5.74, 6) is 1.68. The number of hydrogen-bond acceptors (Lipinski definition) is 8. The maximum atomic E-state index is 13.4. The molecule has 0 bridgehead atoms. The first-order valence-corrected chi connectivity index (χ1v) is 12.4. The summed E-state index contributed by atoms with van der Waals surface area (Å²) < 4.78 is 25.2. The fourth-order valence-electron chi connectivity index (χ4n) is 3.98. The lowest BCUT2D eigenvalue weighted by molar-refractivity contribution is 0.0985. The Morgan fingerprint density at radius 3 is 2.97 bits per heavy atom. The molecule has 1 saturated heterocycles. The maximum absolute atomic E-state index is 13.4. The monoisotopic (exact) mass is 451 g/mol. The zero-order chi connectivity index (χ0) is 22.3. The van der Waals surface area contributed by atoms with E-state index in [2.05, 4.69) is 38.4 Å². The lowest BCUT2D eigenvalue weighted by Crippen LogP contribution is -2.44. The van der Waals surface area contributed by atoms with E-state index >= 15 is 0 Å². The summed E-state index contributed by atoms with van der Waals surface area (Å²) in [5.41, 5.74) is 2.92. The number of allylic oxidation sites excluding steroid dienone is 1. The fourth-order valence-corrected chi connectivity index (χ4v) is 5.12. The van der Waals surface area contributed by atoms with Crippen LogP contribution in [0, 0.1) is 0 Å². The van der Waals surface area contributed by atoms with Crippen molar-refractivity contribution < 1.29 is 8.95 Å². The molecule has 1 aliphatic heterocycles. The minimum absolute atomic E-state index is 0.159. The lowest BCUT2D eigenvalue weighted by Gasteiger charge is -2.34. The van der Waals surface area contributed by atoms with Crippen LogP contribution in [-0.2, 0) is 27.9 Å². The van der Waals surface area contributed by atoms with Gasteiger partial charge in [-0.2, -0.15) is 9.46 Å². The molecule has 3 aromatic rings. The standard InChI is InChI=1S/C22H25N7O2S/c1-15-14-31-10-9-29(15)21-11-20(27-32(3,30)16-12-24-28(2)13-16)25-22(26-21)18-7-8-23-19-6-4-5-17(18)19/h4-5,7-8,11-13,15H,6,9-10,14H2,1-3H3/t15-,32?/m1/s1. The third-order valence-electron chi connectivity index (χ3n) is 5.66. The SMILES string of the molecule is C[C@@H]1COCCN1c1cc(N=S(C)(=O)c2cnn(C)c2)nc(-c2ccnc3c2C=CC3)n1. The molecule has 2 aliphatic rings. The van der Waals surface area contributed by atoms with Crippen LogP contribution in [0.5, 0.6) is 0 Å². The Bertz CT molecular complexity index is 1320. The Balaban J connectivity index is 1.67. The number of fused-ring (bicyclic) bond motifs is 1. The van der Waals surface area contributed by atoms with Gasteiger partial charge < -0.3 is 9.64 Å². The molecule has 1 unspecified atom stereocenters. The second kappa shape index (κ2) is 8.10. The number of aromatic nitrogens is 5. The molecule has 1 fully saturated rings. The molecule has 0 saturated carbocycles. The largest absolute Gasteiger partial charge is 0.377 e. The van der Waals surface area contributed by atoms with E-state index < -0.39 is 9.73 Å². The number of pyridine rings is 1. The predicted molar refractivity (Wildman–Crippen MR) is 123 cm³/mol. The van der Waals surface area contributed by atoms with Crippen molar-refractivity contribution in [2.75, 3.05) is 30.9 Å². The summed E-state index contributed by atoms with van der Waals surface area (Å²) in [7, 11) is -0.943. The molecule has 5 rings (SSSR count). The van der Waals surface area contributed by atoms with Crippen LogP contribution in [0.4, 0.5) is 11.6 Å². The van der Waals surface area contributed by atoms with Crippen LogP contribution in [0.2, 0.25) is 0 Å². The van der Waals surface area contributed by atoms with E-state index in [0.29, 0.717) is 29.8 Å². The van der Waals surface area contributed by atoms with E-state index in [1.54, 1.807) is 36.6 Å². The van der Waals surface area contributed by atoms with E-state index in [1.165, 1.54) is 0 Å². The highest BCUT2D eigenvalue weighted by Crippen LogP contribution is 2.32. The molecule has 0 amide bonds. The first kappa shape index (κ1) is 20.8. The third-order valence-corrected chi connectivity index (χ3v) is 7.28. The van der Waals surface area contributed by atoms with Gasteiger partial charge in [-0.25, -0.2) is 14.2 Å². The summed E-state index contributed by atoms with van der Waals surface area (Å²) in [6, 6.07) is 3.89. The van der Waals surface area contributed by atoms with E-state index in [9.17, 15) is 4.21 Å². The van der Waals surface area contributed by atoms with Gasteiger partial charge >= 0.3 is 0 Å². The smallest absolute Gasteiger partial charge is 0.168 e. The van der Waals surface area contributed by atoms with Crippen molar-refractivity contribution in [1.29, 1.82) is 0 Å². The Labute approximate surface area is 187 Å². The topological polar surface area (TPSA) is 98.4 Å². The predicted octanol–water partition coefficient (Wildman–Crippen LogP) is 2.85. The number of anilines is 1. The lowest BCUT2D eigenvalue weighted by atomic mass is 10.1. The molecule has 0 spiro atoms. The van der Waals surface area contributed by atoms with Crippen LogP contribution in [0.25, 0.3) is 17.5 Å². The van der Waals surface area contributed by atoms with Gasteiger partial charge in [-0.3, -0.25) is 9.67 Å². The average Bonchev–Trinajstić information content (AvgIpc) is 3.42. The molecule has 0 N–H and O–H groups in total. The summed E-state index contributed by atoms with van der Waals surface area (Å²) in [6.45, 7) is 4.07. The van der Waals surface area contributed by atoms with Gasteiger partial charge in [-0.05, 0) is 13.0 Å². The molecule has 0 radical (unpaired) electrons. The zero-order valence-corrected chi connectivity index (χ0v) is 19.1. The third kappa shape index (κ3) is 3.91. The molecule has 3 aromatic heterocycles. The fraction of sp³-hybridized carbons (Fsp3) is 0.364. The van der Waals surface area contributed by atoms with Crippen LogP contribution < -0.4 is 4.90 Å². The zero-order valence-electron chi connectivity index (χ0n) is 18.3. The van der Waals surface area contributed by atoms with Crippen molar-refractivity contribution in [1.82, 2.24) is 24.7 Å². The number of aryl methyl sites for hydroxylation is 1. The Morgan fingerprint density at radius 2 is 2.19 bits per heavy atom. The van der Waals surface area contributed by atoms with Crippen LogP contribution in [0.1, 0.15) is 18.2 Å². The highest BCUT2D eigenvalue weighted by atomic mass is 32.2. The van der Waals surface area contributed by atoms with Gasteiger partial charge in [0.2, 0.25) is 0 Å². The average molecular weight is 452 g/mol. The first-order valence-electron chi connectivity index (χ1n) is 10.5. The number of hydrogen-bond donors (Lipinski definition) is 0. The Hall–Kier alpha value is -3.11. The van der Waals surface area contributed by atoms with Gasteiger partial charge in [0, 0.05) is 55.9 Å². The molecule has 1 aliphatic carbocycles. The minimum Gasteiger partial charge on any atom is -0.377 e. The van der Waals surface area contributed by atoms with Crippen molar-refractivity contribution >= 4 is 27.4 Å². The highest BCUT2D eigenvalue weighted by Gasteiger charge is 2.23. The molecule has 166 valence electrons. The van der Waals surface area contributed by atoms with Crippen molar-refractivity contribution in [2.45, 2.75) is 24.3 Å². The summed E-state index contributed by atoms with van der Waals surface area (Å²) in [4.78, 5) is 16.8. The van der Waals surface area contributed by atoms with Crippen LogP contribution >= 0.6 is 0 Å². The maximum Gasteiger partial charge on any atom is 0.168 e. The molecule has 4 heterocycles. The quantitative estimate of drug-likeness (QED) is 0.601. The van der Waals surface area contributed by atoms with Crippen molar-refractivity contribution in [2.24, 2.45) is 11.4 Å². The van der Waals surface area contributed by atoms with Gasteiger partial charge in [-0.15, -0.1) is 0 Å². The van der Waals surface area contributed by atoms with Gasteiger partial charge in [0.15, 0.2) is 11.6 Å². The van der Waals surface area contributed by atoms with Gasteiger partial charge in [0.05, 0.1) is 45.8 Å². The molecule has 2 atom stereocenters. The summed E-state index contributed by atoms with van der Waals surface area (Å²) >= 11 is 0. The molecule has 10 heteroatoms. The Morgan fingerprint density at radius 1 is 1.31 bits per heavy atom. The van der Waals surface area contributed by atoms with Gasteiger partial charge in [-0.1, -0.05) is 12.2 Å². The number of rotatable bonds is 4. The molecule has 32 heavy (non-hydrogen) atoms. The molecular weight excluding hydrogens is 426 g/mol. The van der Waals surface area contributed by atoms with Crippen LogP contribution in [0.15, 0.2) is 46.1 Å². The highest BCUT2D eigenvalue weighted by molar-refractivity contribution is 7.93. The van der Waals surface area contributed by atoms with E-state index in [0.717, 1.165) is 35.6 Å². The van der Waals surface area contributed by atoms with Crippen molar-refractivity contribution in [3.63, 3.8) is 0 Å². The number of nitrogens with zero attached hydrogens (tertiary/aromatic N) is 7. The van der Waals surface area contributed by atoms with E-state index in [4.69, 9.17) is 14.7 Å². The van der Waals surface area contributed by atoms with Crippen molar-refractivity contribution in [3.05, 3.63) is 48.1 Å². The Kier molecular flexibility index (Phi) is 5.26. The van der Waals surface area contributed by atoms with Crippen LogP contribution in [-0.4, -0.2) is 61.0 Å². The molecule has 9 nitrogen and oxygen atoms in total. The molecule has 0 aromatic carbocycles. The normalized spacial score (nSPS) is 19.6. The minimum atomic E-state index is -2.73. The first-order chi connectivity index (χ1) is 15.4. The van der Waals surface area contributed by atoms with Crippen LogP contribution in [0.3, 0.4) is 0 Å². The molecular formula is C22H25N7O2S. The summed E-state index contributed by atoms with van der Waals surface area (Å²) in [6.07, 6.45) is 11.6. The van der Waals surface area contributed by atoms with Crippen molar-refractivity contribution in [3.8, 4) is 11.4 Å². The second-order valence-corrected chi connectivity index (χ2v) is 10.4. The van der Waals surface area contributed by atoms with E-state index in [1.807, 2.05) is 12.1 Å². The van der Waals surface area contributed by atoms with Gasteiger partial charge in [0.25, 0.3) is 0 Å². The summed E-state index contributed by atoms with van der Waals surface area (Å²) in [5, 5.41) is 4.14. The van der Waals surface area contributed by atoms with E-state index in [-0.39, 0.29) is 6.04 Å². The second-order valence-electron chi connectivity index (χ2n) is 8.09. The number of ether oxygens (including phenoxy) is 1.